The van der Waals surface area contributed by atoms with Gasteiger partial charge in [-0.1, -0.05) is 0 Å². The highest BCUT2D eigenvalue weighted by Gasteiger charge is 2.63. The van der Waals surface area contributed by atoms with Gasteiger partial charge < -0.3 is 0 Å². The first-order chi connectivity index (χ1) is 2.93. The number of alkyl halides is 1. The Morgan fingerprint density at radius 2 is 2.17 bits per heavy atom. The van der Waals surface area contributed by atoms with Gasteiger partial charge in [0.1, 0.15) is 0 Å². The van der Waals surface area contributed by atoms with Gasteiger partial charge in [-0.25, -0.2) is 0 Å². The van der Waals surface area contributed by atoms with Gasteiger partial charge in [0.15, 0.2) is 0 Å². The summed E-state index contributed by atoms with van der Waals surface area (Å²) in [5.74, 6) is 4.09. The van der Waals surface area contributed by atoms with E-state index >= 15 is 0 Å². The molecule has 2 rings (SSSR count). The quantitative estimate of drug-likeness (QED) is 0.440. The van der Waals surface area contributed by atoms with E-state index < -0.39 is 0 Å². The van der Waals surface area contributed by atoms with E-state index in [0.29, 0.717) is 0 Å². The van der Waals surface area contributed by atoms with Gasteiger partial charge in [-0.3, -0.25) is 0 Å². The maximum absolute atomic E-state index is 5.52. The van der Waals surface area contributed by atoms with Crippen LogP contribution in [0, 0.1) is 17.8 Å². The SMILES string of the molecule is ClCC1C2CC12. The Morgan fingerprint density at radius 1 is 1.50 bits per heavy atom. The lowest BCUT2D eigenvalue weighted by Crippen LogP contribution is -1.86. The van der Waals surface area contributed by atoms with Crippen LogP contribution in [0.2, 0.25) is 0 Å². The number of halogens is 1. The van der Waals surface area contributed by atoms with E-state index in [-0.39, 0.29) is 0 Å². The van der Waals surface area contributed by atoms with Gasteiger partial charge in [-0.15, -0.1) is 11.6 Å². The van der Waals surface area contributed by atoms with Crippen molar-refractivity contribution in [2.24, 2.45) is 17.8 Å². The third kappa shape index (κ3) is 0.227. The number of rotatable bonds is 1. The van der Waals surface area contributed by atoms with E-state index in [9.17, 15) is 0 Å². The van der Waals surface area contributed by atoms with Crippen molar-refractivity contribution in [2.45, 2.75) is 6.42 Å². The average Bonchev–Trinajstić information content (AvgIpc) is 2.12. The molecule has 2 saturated carbocycles. The molecule has 2 aliphatic rings. The lowest BCUT2D eigenvalue weighted by Gasteiger charge is -1.89. The standard InChI is InChI=1S/C5H7Cl/c6-2-5-3-1-4(3)5/h3-5H,1-2H2. The van der Waals surface area contributed by atoms with Crippen LogP contribution in [0.3, 0.4) is 0 Å². The summed E-state index contributed by atoms with van der Waals surface area (Å²) in [6.07, 6.45) is 1.50. The highest BCUT2D eigenvalue weighted by atomic mass is 35.5. The molecule has 0 bridgehead atoms. The fourth-order valence-electron chi connectivity index (χ4n) is 1.14. The first-order valence-electron chi connectivity index (χ1n) is 2.49. The molecule has 34 valence electrons. The molecule has 1 heteroatoms. The van der Waals surface area contributed by atoms with Crippen molar-refractivity contribution in [1.82, 2.24) is 0 Å². The predicted molar refractivity (Wildman–Crippen MR) is 25.8 cm³/mol. The van der Waals surface area contributed by atoms with Crippen molar-refractivity contribution in [1.29, 1.82) is 0 Å². The Hall–Kier alpha value is 0.290. The Kier molecular flexibility index (Phi) is 0.422. The highest BCUT2D eigenvalue weighted by Crippen LogP contribution is 2.68. The van der Waals surface area contributed by atoms with Crippen molar-refractivity contribution in [3.05, 3.63) is 0 Å². The van der Waals surface area contributed by atoms with Crippen LogP contribution < -0.4 is 0 Å². The molecule has 0 aliphatic heterocycles. The maximum Gasteiger partial charge on any atom is 0.0257 e. The summed E-state index contributed by atoms with van der Waals surface area (Å²) in [5.41, 5.74) is 0. The summed E-state index contributed by atoms with van der Waals surface area (Å²) in [6.45, 7) is 0. The minimum Gasteiger partial charge on any atom is -0.126 e. The monoisotopic (exact) mass is 102 g/mol. The smallest absolute Gasteiger partial charge is 0.0257 e. The second kappa shape index (κ2) is 0.764. The van der Waals surface area contributed by atoms with Crippen molar-refractivity contribution in [3.8, 4) is 0 Å². The van der Waals surface area contributed by atoms with Crippen LogP contribution in [0.15, 0.2) is 0 Å². The third-order valence-corrected chi connectivity index (χ3v) is 2.38. The highest BCUT2D eigenvalue weighted by molar-refractivity contribution is 6.18. The average molecular weight is 103 g/mol. The molecule has 0 aromatic carbocycles. The molecular formula is C5H7Cl. The molecule has 0 amide bonds. The number of hydrogen-bond donors (Lipinski definition) is 0. The molecular weight excluding hydrogens is 95.5 g/mol. The Bertz CT molecular complexity index is 72.0. The van der Waals surface area contributed by atoms with Crippen LogP contribution in [0.25, 0.3) is 0 Å². The zero-order valence-electron chi connectivity index (χ0n) is 3.52. The fraction of sp³-hybridized carbons (Fsp3) is 1.00. The van der Waals surface area contributed by atoms with Gasteiger partial charge in [-0.2, -0.15) is 0 Å². The Morgan fingerprint density at radius 3 is 2.17 bits per heavy atom. The first-order valence-corrected chi connectivity index (χ1v) is 3.03. The molecule has 2 atom stereocenters. The lowest BCUT2D eigenvalue weighted by atomic mass is 10.2. The van der Waals surface area contributed by atoms with E-state index in [1.54, 1.807) is 0 Å². The minimum absolute atomic E-state index is 0.926. The fourth-order valence-corrected chi connectivity index (χ4v) is 1.60. The Labute approximate surface area is 42.5 Å². The third-order valence-electron chi connectivity index (χ3n) is 2.03. The van der Waals surface area contributed by atoms with Crippen LogP contribution >= 0.6 is 11.6 Å². The van der Waals surface area contributed by atoms with Gasteiger partial charge in [-0.05, 0) is 24.2 Å². The van der Waals surface area contributed by atoms with E-state index in [2.05, 4.69) is 0 Å². The summed E-state index contributed by atoms with van der Waals surface area (Å²) >= 11 is 5.52. The van der Waals surface area contributed by atoms with E-state index in [1.807, 2.05) is 0 Å². The van der Waals surface area contributed by atoms with Crippen LogP contribution in [-0.4, -0.2) is 5.88 Å². The molecule has 0 radical (unpaired) electrons. The lowest BCUT2D eigenvalue weighted by molar-refractivity contribution is 0.686. The van der Waals surface area contributed by atoms with Gasteiger partial charge in [0.2, 0.25) is 0 Å². The molecule has 0 saturated heterocycles. The minimum atomic E-state index is 0.926. The molecule has 0 N–H and O–H groups in total. The molecule has 6 heavy (non-hydrogen) atoms. The predicted octanol–water partition coefficient (Wildman–Crippen LogP) is 1.49. The van der Waals surface area contributed by atoms with Crippen LogP contribution in [0.1, 0.15) is 6.42 Å². The van der Waals surface area contributed by atoms with E-state index in [0.717, 1.165) is 23.6 Å². The zero-order chi connectivity index (χ0) is 4.15. The maximum atomic E-state index is 5.52. The zero-order valence-corrected chi connectivity index (χ0v) is 4.28. The summed E-state index contributed by atoms with van der Waals surface area (Å²) < 4.78 is 0. The molecule has 0 nitrogen and oxygen atoms in total. The van der Waals surface area contributed by atoms with Crippen molar-refractivity contribution in [2.75, 3.05) is 5.88 Å². The molecule has 0 spiro atoms. The molecule has 0 heterocycles. The summed E-state index contributed by atoms with van der Waals surface area (Å²) in [6, 6.07) is 0. The van der Waals surface area contributed by atoms with Crippen molar-refractivity contribution in [3.63, 3.8) is 0 Å². The van der Waals surface area contributed by atoms with E-state index in [4.69, 9.17) is 11.6 Å². The molecule has 2 aliphatic carbocycles. The summed E-state index contributed by atoms with van der Waals surface area (Å²) in [5, 5.41) is 0. The second-order valence-electron chi connectivity index (χ2n) is 2.38. The van der Waals surface area contributed by atoms with E-state index in [1.165, 1.54) is 6.42 Å². The molecule has 0 aromatic heterocycles. The van der Waals surface area contributed by atoms with Crippen LogP contribution in [0.4, 0.5) is 0 Å². The van der Waals surface area contributed by atoms with Gasteiger partial charge >= 0.3 is 0 Å². The molecule has 2 fully saturated rings. The second-order valence-corrected chi connectivity index (χ2v) is 2.69. The van der Waals surface area contributed by atoms with Gasteiger partial charge in [0.05, 0.1) is 0 Å². The first kappa shape index (κ1) is 3.31. The number of hydrogen-bond acceptors (Lipinski definition) is 0. The van der Waals surface area contributed by atoms with Crippen molar-refractivity contribution >= 4 is 11.6 Å². The van der Waals surface area contributed by atoms with Crippen LogP contribution in [0.5, 0.6) is 0 Å². The van der Waals surface area contributed by atoms with Gasteiger partial charge in [0, 0.05) is 5.88 Å². The Balaban J connectivity index is 1.92. The number of fused-ring (bicyclic) bond motifs is 1. The van der Waals surface area contributed by atoms with Gasteiger partial charge in [0.25, 0.3) is 0 Å². The van der Waals surface area contributed by atoms with Crippen molar-refractivity contribution < 1.29 is 0 Å². The normalized spacial score (nSPS) is 60.5. The largest absolute Gasteiger partial charge is 0.126 e. The summed E-state index contributed by atoms with van der Waals surface area (Å²) in [7, 11) is 0. The van der Waals surface area contributed by atoms with Crippen LogP contribution in [-0.2, 0) is 0 Å². The summed E-state index contributed by atoms with van der Waals surface area (Å²) in [4.78, 5) is 0. The topological polar surface area (TPSA) is 0 Å². The molecule has 0 aromatic rings. The molecule has 2 unspecified atom stereocenters.